The summed E-state index contributed by atoms with van der Waals surface area (Å²) in [5.41, 5.74) is 9.96. The zero-order valence-corrected chi connectivity index (χ0v) is 12.8. The molecule has 1 aromatic carbocycles. The number of hydrogen-bond acceptors (Lipinski definition) is 3. The van der Waals surface area contributed by atoms with Crippen molar-refractivity contribution in [3.05, 3.63) is 47.2 Å². The Morgan fingerprint density at radius 1 is 1.10 bits per heavy atom. The molecule has 2 N–H and O–H groups in total. The molecule has 0 radical (unpaired) electrons. The molecule has 2 rings (SSSR count). The van der Waals surface area contributed by atoms with E-state index in [1.54, 1.807) is 6.20 Å². The Labute approximate surface area is 120 Å². The first-order valence-corrected chi connectivity index (χ1v) is 6.79. The lowest BCUT2D eigenvalue weighted by molar-refractivity contribution is 0.441. The monoisotopic (exact) mass is 270 g/mol. The first-order valence-electron chi connectivity index (χ1n) is 6.79. The fourth-order valence-corrected chi connectivity index (χ4v) is 2.05. The van der Waals surface area contributed by atoms with Gasteiger partial charge < -0.3 is 10.5 Å². The number of anilines is 1. The number of nitrogens with zero attached hydrogens (tertiary/aromatic N) is 1. The molecular formula is C17H22N2O. The molecule has 0 amide bonds. The number of aryl methyl sites for hydroxylation is 2. The van der Waals surface area contributed by atoms with Crippen molar-refractivity contribution >= 4 is 5.69 Å². The number of ether oxygens (including phenoxy) is 1. The summed E-state index contributed by atoms with van der Waals surface area (Å²) in [6.45, 7) is 10.5. The number of benzene rings is 1. The van der Waals surface area contributed by atoms with Crippen molar-refractivity contribution in [2.24, 2.45) is 0 Å². The van der Waals surface area contributed by atoms with Gasteiger partial charge in [0, 0.05) is 11.8 Å². The van der Waals surface area contributed by atoms with Crippen LogP contribution in [0.25, 0.3) is 0 Å². The topological polar surface area (TPSA) is 48.1 Å². The van der Waals surface area contributed by atoms with Gasteiger partial charge in [0.05, 0.1) is 5.69 Å². The maximum atomic E-state index is 6.03. The molecule has 0 spiro atoms. The van der Waals surface area contributed by atoms with Gasteiger partial charge in [0.25, 0.3) is 0 Å². The second kappa shape index (κ2) is 5.16. The van der Waals surface area contributed by atoms with Crippen LogP contribution in [0.15, 0.2) is 30.5 Å². The summed E-state index contributed by atoms with van der Waals surface area (Å²) in [5, 5.41) is 0. The lowest BCUT2D eigenvalue weighted by Gasteiger charge is -2.23. The highest BCUT2D eigenvalue weighted by Gasteiger charge is 2.20. The van der Waals surface area contributed by atoms with Crippen molar-refractivity contribution in [1.29, 1.82) is 0 Å². The molecule has 0 saturated heterocycles. The Balaban J connectivity index is 2.46. The summed E-state index contributed by atoms with van der Waals surface area (Å²) in [4.78, 5) is 4.23. The predicted octanol–water partition coefficient (Wildman–Crippen LogP) is 4.37. The molecule has 0 saturated carbocycles. The van der Waals surface area contributed by atoms with E-state index in [-0.39, 0.29) is 5.41 Å². The van der Waals surface area contributed by atoms with Gasteiger partial charge in [-0.05, 0) is 37.0 Å². The summed E-state index contributed by atoms with van der Waals surface area (Å²) in [6, 6.07) is 8.05. The van der Waals surface area contributed by atoms with Gasteiger partial charge in [-0.2, -0.15) is 0 Å². The standard InChI is InChI=1S/C17H22N2O/c1-11-6-7-14(13(10-11)17(3,4)5)20-16-15(18)12(2)8-9-19-16/h6-10H,18H2,1-5H3. The summed E-state index contributed by atoms with van der Waals surface area (Å²) >= 11 is 0. The van der Waals surface area contributed by atoms with Gasteiger partial charge in [0.1, 0.15) is 5.75 Å². The summed E-state index contributed by atoms with van der Waals surface area (Å²) in [5.74, 6) is 1.28. The van der Waals surface area contributed by atoms with Crippen LogP contribution in [-0.4, -0.2) is 4.98 Å². The van der Waals surface area contributed by atoms with Crippen molar-refractivity contribution in [2.45, 2.75) is 40.0 Å². The van der Waals surface area contributed by atoms with E-state index in [1.807, 2.05) is 25.1 Å². The minimum Gasteiger partial charge on any atom is -0.437 e. The van der Waals surface area contributed by atoms with Crippen LogP contribution >= 0.6 is 0 Å². The van der Waals surface area contributed by atoms with Crippen LogP contribution in [0.5, 0.6) is 11.6 Å². The number of aromatic nitrogens is 1. The van der Waals surface area contributed by atoms with Crippen LogP contribution < -0.4 is 10.5 Å². The molecule has 0 aliphatic carbocycles. The molecule has 0 unspecified atom stereocenters. The third-order valence-corrected chi connectivity index (χ3v) is 3.32. The Morgan fingerprint density at radius 3 is 2.45 bits per heavy atom. The van der Waals surface area contributed by atoms with E-state index >= 15 is 0 Å². The smallest absolute Gasteiger partial charge is 0.242 e. The molecule has 0 aliphatic heterocycles. The minimum absolute atomic E-state index is 0.0000593. The SMILES string of the molecule is Cc1ccc(Oc2nccc(C)c2N)c(C(C)(C)C)c1. The number of hydrogen-bond donors (Lipinski definition) is 1. The lowest BCUT2D eigenvalue weighted by atomic mass is 9.85. The van der Waals surface area contributed by atoms with Gasteiger partial charge in [-0.15, -0.1) is 0 Å². The van der Waals surface area contributed by atoms with E-state index in [0.29, 0.717) is 11.6 Å². The quantitative estimate of drug-likeness (QED) is 0.881. The molecule has 3 nitrogen and oxygen atoms in total. The highest BCUT2D eigenvalue weighted by atomic mass is 16.5. The maximum absolute atomic E-state index is 6.03. The second-order valence-corrected chi connectivity index (χ2v) is 6.20. The van der Waals surface area contributed by atoms with E-state index in [1.165, 1.54) is 5.56 Å². The molecule has 20 heavy (non-hydrogen) atoms. The third-order valence-electron chi connectivity index (χ3n) is 3.32. The van der Waals surface area contributed by atoms with Crippen molar-refractivity contribution in [1.82, 2.24) is 4.98 Å². The van der Waals surface area contributed by atoms with Crippen LogP contribution in [0.4, 0.5) is 5.69 Å². The molecule has 1 aromatic heterocycles. The maximum Gasteiger partial charge on any atom is 0.242 e. The summed E-state index contributed by atoms with van der Waals surface area (Å²) < 4.78 is 5.97. The number of pyridine rings is 1. The predicted molar refractivity (Wildman–Crippen MR) is 83.3 cm³/mol. The van der Waals surface area contributed by atoms with Gasteiger partial charge in [-0.3, -0.25) is 0 Å². The van der Waals surface area contributed by atoms with Gasteiger partial charge in [-0.25, -0.2) is 4.98 Å². The fraction of sp³-hybridized carbons (Fsp3) is 0.353. The van der Waals surface area contributed by atoms with Gasteiger partial charge >= 0.3 is 0 Å². The van der Waals surface area contributed by atoms with Crippen LogP contribution in [0.3, 0.4) is 0 Å². The molecule has 2 aromatic rings. The molecule has 0 aliphatic rings. The zero-order valence-electron chi connectivity index (χ0n) is 12.8. The number of nitrogens with two attached hydrogens (primary N) is 1. The van der Waals surface area contributed by atoms with Crippen molar-refractivity contribution in [3.63, 3.8) is 0 Å². The molecule has 106 valence electrons. The number of rotatable bonds is 2. The molecule has 0 fully saturated rings. The van der Waals surface area contributed by atoms with E-state index in [2.05, 4.69) is 38.7 Å². The van der Waals surface area contributed by atoms with Crippen molar-refractivity contribution < 1.29 is 4.74 Å². The summed E-state index contributed by atoms with van der Waals surface area (Å²) in [7, 11) is 0. The van der Waals surface area contributed by atoms with Gasteiger partial charge in [0.15, 0.2) is 0 Å². The van der Waals surface area contributed by atoms with Crippen LogP contribution in [0.1, 0.15) is 37.5 Å². The first kappa shape index (κ1) is 14.4. The fourth-order valence-electron chi connectivity index (χ4n) is 2.05. The molecule has 0 bridgehead atoms. The van der Waals surface area contributed by atoms with Crippen LogP contribution in [0.2, 0.25) is 0 Å². The minimum atomic E-state index is -0.0000593. The average molecular weight is 270 g/mol. The molecule has 1 heterocycles. The zero-order chi connectivity index (χ0) is 14.9. The largest absolute Gasteiger partial charge is 0.437 e. The summed E-state index contributed by atoms with van der Waals surface area (Å²) in [6.07, 6.45) is 1.71. The Kier molecular flexibility index (Phi) is 3.71. The Morgan fingerprint density at radius 2 is 1.80 bits per heavy atom. The Bertz CT molecular complexity index is 627. The molecular weight excluding hydrogens is 248 g/mol. The highest BCUT2D eigenvalue weighted by molar-refractivity contribution is 5.56. The lowest BCUT2D eigenvalue weighted by Crippen LogP contribution is -2.13. The normalized spacial score (nSPS) is 11.4. The Hall–Kier alpha value is -2.03. The van der Waals surface area contributed by atoms with E-state index in [0.717, 1.165) is 16.9 Å². The average Bonchev–Trinajstić information content (AvgIpc) is 2.36. The van der Waals surface area contributed by atoms with Crippen LogP contribution in [0, 0.1) is 13.8 Å². The first-order chi connectivity index (χ1) is 9.29. The van der Waals surface area contributed by atoms with Crippen molar-refractivity contribution in [2.75, 3.05) is 5.73 Å². The van der Waals surface area contributed by atoms with Gasteiger partial charge in [0.2, 0.25) is 5.88 Å². The van der Waals surface area contributed by atoms with E-state index < -0.39 is 0 Å². The van der Waals surface area contributed by atoms with Crippen LogP contribution in [-0.2, 0) is 5.41 Å². The van der Waals surface area contributed by atoms with E-state index in [4.69, 9.17) is 10.5 Å². The molecule has 3 heteroatoms. The molecule has 0 atom stereocenters. The van der Waals surface area contributed by atoms with Crippen molar-refractivity contribution in [3.8, 4) is 11.6 Å². The highest BCUT2D eigenvalue weighted by Crippen LogP contribution is 2.36. The number of nitrogen functional groups attached to an aromatic ring is 1. The second-order valence-electron chi connectivity index (χ2n) is 6.20. The van der Waals surface area contributed by atoms with E-state index in [9.17, 15) is 0 Å². The van der Waals surface area contributed by atoms with Gasteiger partial charge in [-0.1, -0.05) is 38.5 Å². The third kappa shape index (κ3) is 2.93.